The van der Waals surface area contributed by atoms with E-state index in [0.717, 1.165) is 31.6 Å². The largest absolute Gasteiger partial charge is 0.324 e. The number of piperazine rings is 1. The molecule has 0 bridgehead atoms. The van der Waals surface area contributed by atoms with Crippen LogP contribution in [0.1, 0.15) is 25.8 Å². The molecule has 3 rings (SSSR count). The summed E-state index contributed by atoms with van der Waals surface area (Å²) in [6.07, 6.45) is 1.87. The number of aryl methyl sites for hydroxylation is 1. The highest BCUT2D eigenvalue weighted by molar-refractivity contribution is 5.96. The molecule has 1 aromatic carbocycles. The maximum absolute atomic E-state index is 12.5. The summed E-state index contributed by atoms with van der Waals surface area (Å²) in [5, 5.41) is 6.62. The van der Waals surface area contributed by atoms with E-state index in [9.17, 15) is 4.79 Å². The molecule has 0 radical (unpaired) electrons. The van der Waals surface area contributed by atoms with E-state index < -0.39 is 0 Å². The van der Waals surface area contributed by atoms with Crippen LogP contribution in [0.4, 0.5) is 5.69 Å². The minimum absolute atomic E-state index is 0.00519. The first-order valence-electron chi connectivity index (χ1n) is 7.52. The summed E-state index contributed by atoms with van der Waals surface area (Å²) in [6, 6.07) is 9.01. The Hall–Kier alpha value is -1.39. The van der Waals surface area contributed by atoms with Crippen molar-refractivity contribution in [3.8, 4) is 0 Å². The van der Waals surface area contributed by atoms with Crippen molar-refractivity contribution in [2.75, 3.05) is 18.4 Å². The maximum atomic E-state index is 12.5. The highest BCUT2D eigenvalue weighted by Crippen LogP contribution is 2.24. The summed E-state index contributed by atoms with van der Waals surface area (Å²) >= 11 is 0. The number of anilines is 1. The van der Waals surface area contributed by atoms with Gasteiger partial charge in [-0.2, -0.15) is 0 Å². The van der Waals surface area contributed by atoms with Gasteiger partial charge in [0.05, 0.1) is 6.04 Å². The minimum Gasteiger partial charge on any atom is -0.324 e. The number of para-hydroxylation sites is 1. The van der Waals surface area contributed by atoms with Crippen LogP contribution in [0.15, 0.2) is 24.3 Å². The smallest absolute Gasteiger partial charge is 0.241 e. The summed E-state index contributed by atoms with van der Waals surface area (Å²) in [5.41, 5.74) is 2.23. The second kappa shape index (κ2) is 5.54. The van der Waals surface area contributed by atoms with E-state index in [2.05, 4.69) is 35.4 Å². The van der Waals surface area contributed by atoms with Crippen LogP contribution in [0, 0.1) is 0 Å². The molecule has 2 heterocycles. The molecular weight excluding hydrogens is 250 g/mol. The first-order valence-corrected chi connectivity index (χ1v) is 7.52. The number of carbonyl (C=O) groups is 1. The third kappa shape index (κ3) is 2.72. The fraction of sp³-hybridized carbons (Fsp3) is 0.562. The Morgan fingerprint density at radius 3 is 2.60 bits per heavy atom. The molecule has 0 spiro atoms. The molecule has 1 fully saturated rings. The fourth-order valence-electron chi connectivity index (χ4n) is 3.47. The van der Waals surface area contributed by atoms with Gasteiger partial charge in [0.25, 0.3) is 0 Å². The van der Waals surface area contributed by atoms with E-state index >= 15 is 0 Å². The van der Waals surface area contributed by atoms with Crippen LogP contribution in [0.3, 0.4) is 0 Å². The molecule has 2 aliphatic rings. The van der Waals surface area contributed by atoms with Gasteiger partial charge < -0.3 is 10.6 Å². The van der Waals surface area contributed by atoms with Crippen molar-refractivity contribution < 1.29 is 4.79 Å². The topological polar surface area (TPSA) is 44.4 Å². The molecule has 2 aliphatic heterocycles. The molecule has 0 aliphatic carbocycles. The van der Waals surface area contributed by atoms with Crippen LogP contribution in [-0.2, 0) is 11.2 Å². The monoisotopic (exact) mass is 273 g/mol. The van der Waals surface area contributed by atoms with Crippen molar-refractivity contribution in [2.45, 2.75) is 44.8 Å². The molecule has 0 saturated carbocycles. The van der Waals surface area contributed by atoms with Gasteiger partial charge in [0.15, 0.2) is 0 Å². The molecule has 1 aromatic rings. The number of hydrogen-bond acceptors (Lipinski definition) is 3. The van der Waals surface area contributed by atoms with Crippen LogP contribution in [0.5, 0.6) is 0 Å². The van der Waals surface area contributed by atoms with Gasteiger partial charge in [0, 0.05) is 30.9 Å². The SMILES string of the molecule is CC1CN(C2CCc3ccccc3NC2=O)CC(C)N1. The van der Waals surface area contributed by atoms with E-state index in [1.807, 2.05) is 18.2 Å². The zero-order valence-electron chi connectivity index (χ0n) is 12.2. The van der Waals surface area contributed by atoms with Gasteiger partial charge in [-0.05, 0) is 38.3 Å². The average Bonchev–Trinajstić information content (AvgIpc) is 2.55. The number of benzene rings is 1. The zero-order chi connectivity index (χ0) is 14.1. The molecule has 3 unspecified atom stereocenters. The Bertz CT molecular complexity index is 492. The quantitative estimate of drug-likeness (QED) is 0.817. The number of rotatable bonds is 1. The van der Waals surface area contributed by atoms with Crippen molar-refractivity contribution in [1.82, 2.24) is 10.2 Å². The second-order valence-corrected chi connectivity index (χ2v) is 6.12. The van der Waals surface area contributed by atoms with Crippen molar-refractivity contribution >= 4 is 11.6 Å². The average molecular weight is 273 g/mol. The van der Waals surface area contributed by atoms with E-state index in [1.54, 1.807) is 0 Å². The lowest BCUT2D eigenvalue weighted by atomic mass is 10.0. The highest BCUT2D eigenvalue weighted by atomic mass is 16.2. The Morgan fingerprint density at radius 2 is 1.85 bits per heavy atom. The van der Waals surface area contributed by atoms with Gasteiger partial charge >= 0.3 is 0 Å². The van der Waals surface area contributed by atoms with Crippen LogP contribution in [0.25, 0.3) is 0 Å². The van der Waals surface area contributed by atoms with Crippen molar-refractivity contribution in [2.24, 2.45) is 0 Å². The molecule has 2 N–H and O–H groups in total. The molecule has 1 saturated heterocycles. The zero-order valence-corrected chi connectivity index (χ0v) is 12.2. The van der Waals surface area contributed by atoms with Gasteiger partial charge in [0.2, 0.25) is 5.91 Å². The maximum Gasteiger partial charge on any atom is 0.241 e. The number of fused-ring (bicyclic) bond motifs is 1. The molecule has 1 amide bonds. The third-order valence-corrected chi connectivity index (χ3v) is 4.29. The predicted octanol–water partition coefficient (Wildman–Crippen LogP) is 1.62. The molecular formula is C16H23N3O. The number of hydrogen-bond donors (Lipinski definition) is 2. The minimum atomic E-state index is -0.00519. The van der Waals surface area contributed by atoms with Gasteiger partial charge in [-0.15, -0.1) is 0 Å². The van der Waals surface area contributed by atoms with Crippen LogP contribution < -0.4 is 10.6 Å². The lowest BCUT2D eigenvalue weighted by Gasteiger charge is -2.39. The predicted molar refractivity (Wildman–Crippen MR) is 80.8 cm³/mol. The van der Waals surface area contributed by atoms with Crippen LogP contribution in [-0.4, -0.2) is 42.0 Å². The summed E-state index contributed by atoms with van der Waals surface area (Å²) < 4.78 is 0. The number of nitrogens with zero attached hydrogens (tertiary/aromatic N) is 1. The highest BCUT2D eigenvalue weighted by Gasteiger charge is 2.32. The molecule has 4 nitrogen and oxygen atoms in total. The standard InChI is InChI=1S/C16H23N3O/c1-11-9-19(10-12(2)17-11)15-8-7-13-5-3-4-6-14(13)18-16(15)20/h3-6,11-12,15,17H,7-10H2,1-2H3,(H,18,20). The molecule has 4 heteroatoms. The summed E-state index contributed by atoms with van der Waals surface area (Å²) in [7, 11) is 0. The van der Waals surface area contributed by atoms with E-state index in [0.29, 0.717) is 12.1 Å². The number of carbonyl (C=O) groups excluding carboxylic acids is 1. The first-order chi connectivity index (χ1) is 9.63. The van der Waals surface area contributed by atoms with Gasteiger partial charge in [-0.1, -0.05) is 18.2 Å². The lowest BCUT2D eigenvalue weighted by molar-refractivity contribution is -0.122. The second-order valence-electron chi connectivity index (χ2n) is 6.12. The molecule has 3 atom stereocenters. The molecule has 20 heavy (non-hydrogen) atoms. The lowest BCUT2D eigenvalue weighted by Crippen LogP contribution is -2.59. The first kappa shape index (κ1) is 13.6. The van der Waals surface area contributed by atoms with Crippen LogP contribution in [0.2, 0.25) is 0 Å². The summed E-state index contributed by atoms with van der Waals surface area (Å²) in [6.45, 7) is 6.26. The molecule has 108 valence electrons. The Labute approximate surface area is 120 Å². The van der Waals surface area contributed by atoms with Crippen molar-refractivity contribution in [3.63, 3.8) is 0 Å². The van der Waals surface area contributed by atoms with Gasteiger partial charge in [-0.25, -0.2) is 0 Å². The van der Waals surface area contributed by atoms with E-state index in [4.69, 9.17) is 0 Å². The van der Waals surface area contributed by atoms with E-state index in [1.165, 1.54) is 5.56 Å². The molecule has 0 aromatic heterocycles. The van der Waals surface area contributed by atoms with Crippen molar-refractivity contribution in [1.29, 1.82) is 0 Å². The fourth-order valence-corrected chi connectivity index (χ4v) is 3.47. The third-order valence-electron chi connectivity index (χ3n) is 4.29. The Morgan fingerprint density at radius 1 is 1.15 bits per heavy atom. The van der Waals surface area contributed by atoms with E-state index in [-0.39, 0.29) is 11.9 Å². The normalized spacial score (nSPS) is 31.3. The van der Waals surface area contributed by atoms with Crippen molar-refractivity contribution in [3.05, 3.63) is 29.8 Å². The number of nitrogens with one attached hydrogen (secondary N) is 2. The summed E-state index contributed by atoms with van der Waals surface area (Å²) in [4.78, 5) is 14.9. The van der Waals surface area contributed by atoms with Gasteiger partial charge in [-0.3, -0.25) is 9.69 Å². The number of amides is 1. The summed E-state index contributed by atoms with van der Waals surface area (Å²) in [5.74, 6) is 0.149. The van der Waals surface area contributed by atoms with Crippen LogP contribution >= 0.6 is 0 Å². The van der Waals surface area contributed by atoms with Gasteiger partial charge in [0.1, 0.15) is 0 Å². The Kier molecular flexibility index (Phi) is 3.76. The Balaban J connectivity index is 1.77.